The van der Waals surface area contributed by atoms with Gasteiger partial charge in [0.25, 0.3) is 0 Å². The average Bonchev–Trinajstić information content (AvgIpc) is 2.08. The first-order valence-corrected chi connectivity index (χ1v) is 5.01. The van der Waals surface area contributed by atoms with Crippen molar-refractivity contribution in [3.05, 3.63) is 0 Å². The SMILES string of the molecule is CC.CCN1CCC(C)CC1=O. The zero-order chi connectivity index (χ0) is 9.56. The third kappa shape index (κ3) is 3.24. The Morgan fingerprint density at radius 1 is 1.50 bits per heavy atom. The monoisotopic (exact) mass is 171 g/mol. The molecule has 0 N–H and O–H groups in total. The summed E-state index contributed by atoms with van der Waals surface area (Å²) in [4.78, 5) is 13.1. The van der Waals surface area contributed by atoms with Crippen LogP contribution >= 0.6 is 0 Å². The first kappa shape index (κ1) is 11.5. The van der Waals surface area contributed by atoms with E-state index in [1.165, 1.54) is 6.42 Å². The van der Waals surface area contributed by atoms with Crippen LogP contribution in [-0.2, 0) is 4.79 Å². The third-order valence-corrected chi connectivity index (χ3v) is 2.15. The van der Waals surface area contributed by atoms with Crippen LogP contribution in [-0.4, -0.2) is 23.9 Å². The van der Waals surface area contributed by atoms with Crippen molar-refractivity contribution >= 4 is 5.91 Å². The van der Waals surface area contributed by atoms with Crippen molar-refractivity contribution in [1.82, 2.24) is 4.90 Å². The molecule has 1 saturated heterocycles. The minimum Gasteiger partial charge on any atom is -0.343 e. The van der Waals surface area contributed by atoms with E-state index >= 15 is 0 Å². The molecule has 1 rings (SSSR count). The number of hydrogen-bond acceptors (Lipinski definition) is 1. The highest BCUT2D eigenvalue weighted by molar-refractivity contribution is 5.77. The molecule has 0 aromatic heterocycles. The molecular formula is C10H21NO. The molecule has 1 unspecified atom stereocenters. The van der Waals surface area contributed by atoms with Gasteiger partial charge in [0.2, 0.25) is 5.91 Å². The van der Waals surface area contributed by atoms with E-state index in [1.807, 2.05) is 25.7 Å². The Balaban J connectivity index is 0.000000561. The molecule has 0 radical (unpaired) electrons. The lowest BCUT2D eigenvalue weighted by molar-refractivity contribution is -0.134. The van der Waals surface area contributed by atoms with Gasteiger partial charge in [-0.05, 0) is 19.3 Å². The predicted octanol–water partition coefficient (Wildman–Crippen LogP) is 2.29. The standard InChI is InChI=1S/C8H15NO.C2H6/c1-3-9-5-4-7(2)6-8(9)10;1-2/h7H,3-6H2,1-2H3;1-2H3. The third-order valence-electron chi connectivity index (χ3n) is 2.15. The van der Waals surface area contributed by atoms with E-state index in [-0.39, 0.29) is 0 Å². The molecule has 0 spiro atoms. The van der Waals surface area contributed by atoms with Crippen LogP contribution in [0.15, 0.2) is 0 Å². The van der Waals surface area contributed by atoms with E-state index in [2.05, 4.69) is 6.92 Å². The Bertz CT molecular complexity index is 134. The normalized spacial score (nSPS) is 23.2. The number of likely N-dealkylation sites (tertiary alicyclic amines) is 1. The molecule has 0 saturated carbocycles. The van der Waals surface area contributed by atoms with Crippen LogP contribution in [0, 0.1) is 5.92 Å². The fourth-order valence-corrected chi connectivity index (χ4v) is 1.36. The van der Waals surface area contributed by atoms with Gasteiger partial charge < -0.3 is 4.90 Å². The molecule has 1 amide bonds. The van der Waals surface area contributed by atoms with Crippen molar-refractivity contribution in [2.24, 2.45) is 5.92 Å². The smallest absolute Gasteiger partial charge is 0.222 e. The van der Waals surface area contributed by atoms with Gasteiger partial charge in [-0.2, -0.15) is 0 Å². The summed E-state index contributed by atoms with van der Waals surface area (Å²) >= 11 is 0. The minimum absolute atomic E-state index is 0.334. The van der Waals surface area contributed by atoms with Gasteiger partial charge in [0.05, 0.1) is 0 Å². The summed E-state index contributed by atoms with van der Waals surface area (Å²) < 4.78 is 0. The lowest BCUT2D eigenvalue weighted by Gasteiger charge is -2.28. The lowest BCUT2D eigenvalue weighted by Crippen LogP contribution is -2.37. The second-order valence-corrected chi connectivity index (χ2v) is 3.07. The summed E-state index contributed by atoms with van der Waals surface area (Å²) in [5.74, 6) is 0.941. The summed E-state index contributed by atoms with van der Waals surface area (Å²) in [6.45, 7) is 10.0. The maximum absolute atomic E-state index is 11.2. The van der Waals surface area contributed by atoms with Crippen LogP contribution in [0.3, 0.4) is 0 Å². The number of carbonyl (C=O) groups is 1. The Hall–Kier alpha value is -0.530. The summed E-state index contributed by atoms with van der Waals surface area (Å²) in [7, 11) is 0. The molecule has 72 valence electrons. The van der Waals surface area contributed by atoms with Crippen LogP contribution in [0.4, 0.5) is 0 Å². The zero-order valence-electron chi connectivity index (χ0n) is 8.76. The molecule has 0 bridgehead atoms. The molecule has 12 heavy (non-hydrogen) atoms. The van der Waals surface area contributed by atoms with E-state index in [0.29, 0.717) is 11.8 Å². The molecule has 0 aromatic rings. The number of carbonyl (C=O) groups excluding carboxylic acids is 1. The van der Waals surface area contributed by atoms with Crippen LogP contribution in [0.25, 0.3) is 0 Å². The van der Waals surface area contributed by atoms with E-state index in [0.717, 1.165) is 19.5 Å². The number of amides is 1. The van der Waals surface area contributed by atoms with Gasteiger partial charge in [-0.15, -0.1) is 0 Å². The number of piperidine rings is 1. The van der Waals surface area contributed by atoms with Gasteiger partial charge in [0.1, 0.15) is 0 Å². The van der Waals surface area contributed by atoms with Crippen LogP contribution in [0.2, 0.25) is 0 Å². The van der Waals surface area contributed by atoms with Crippen LogP contribution in [0.5, 0.6) is 0 Å². The molecular weight excluding hydrogens is 150 g/mol. The van der Waals surface area contributed by atoms with E-state index in [4.69, 9.17) is 0 Å². The molecule has 2 nitrogen and oxygen atoms in total. The van der Waals surface area contributed by atoms with E-state index < -0.39 is 0 Å². The number of rotatable bonds is 1. The summed E-state index contributed by atoms with van der Waals surface area (Å²) in [6.07, 6.45) is 1.94. The van der Waals surface area contributed by atoms with Gasteiger partial charge in [-0.3, -0.25) is 4.79 Å². The van der Waals surface area contributed by atoms with Crippen molar-refractivity contribution in [3.63, 3.8) is 0 Å². The highest BCUT2D eigenvalue weighted by atomic mass is 16.2. The Kier molecular flexibility index (Phi) is 5.77. The summed E-state index contributed by atoms with van der Waals surface area (Å²) in [5.41, 5.74) is 0. The van der Waals surface area contributed by atoms with E-state index in [1.54, 1.807) is 0 Å². The highest BCUT2D eigenvalue weighted by Crippen LogP contribution is 2.16. The Morgan fingerprint density at radius 3 is 2.50 bits per heavy atom. The minimum atomic E-state index is 0.334. The lowest BCUT2D eigenvalue weighted by atomic mass is 9.99. The highest BCUT2D eigenvalue weighted by Gasteiger charge is 2.20. The van der Waals surface area contributed by atoms with Crippen molar-refractivity contribution in [1.29, 1.82) is 0 Å². The quantitative estimate of drug-likeness (QED) is 0.592. The van der Waals surface area contributed by atoms with Gasteiger partial charge >= 0.3 is 0 Å². The van der Waals surface area contributed by atoms with Gasteiger partial charge in [0, 0.05) is 19.5 Å². The predicted molar refractivity (Wildman–Crippen MR) is 52.0 cm³/mol. The molecule has 0 aromatic carbocycles. The fraction of sp³-hybridized carbons (Fsp3) is 0.900. The topological polar surface area (TPSA) is 20.3 Å². The molecule has 2 heteroatoms. The average molecular weight is 171 g/mol. The van der Waals surface area contributed by atoms with Crippen molar-refractivity contribution in [3.8, 4) is 0 Å². The Labute approximate surface area is 75.9 Å². The van der Waals surface area contributed by atoms with Crippen LogP contribution < -0.4 is 0 Å². The molecule has 1 atom stereocenters. The summed E-state index contributed by atoms with van der Waals surface area (Å²) in [6, 6.07) is 0. The molecule has 1 aliphatic rings. The number of hydrogen-bond donors (Lipinski definition) is 0. The van der Waals surface area contributed by atoms with Gasteiger partial charge in [-0.25, -0.2) is 0 Å². The molecule has 1 aliphatic heterocycles. The van der Waals surface area contributed by atoms with Crippen molar-refractivity contribution in [2.75, 3.05) is 13.1 Å². The molecule has 1 heterocycles. The van der Waals surface area contributed by atoms with Crippen LogP contribution in [0.1, 0.15) is 40.5 Å². The largest absolute Gasteiger partial charge is 0.343 e. The van der Waals surface area contributed by atoms with Crippen molar-refractivity contribution in [2.45, 2.75) is 40.5 Å². The number of nitrogens with zero attached hydrogens (tertiary/aromatic N) is 1. The van der Waals surface area contributed by atoms with E-state index in [9.17, 15) is 4.79 Å². The Morgan fingerprint density at radius 2 is 2.08 bits per heavy atom. The van der Waals surface area contributed by atoms with Gasteiger partial charge in [-0.1, -0.05) is 20.8 Å². The zero-order valence-corrected chi connectivity index (χ0v) is 8.76. The van der Waals surface area contributed by atoms with Gasteiger partial charge in [0.15, 0.2) is 0 Å². The summed E-state index contributed by atoms with van der Waals surface area (Å²) in [5, 5.41) is 0. The first-order chi connectivity index (χ1) is 5.74. The second kappa shape index (κ2) is 6.04. The second-order valence-electron chi connectivity index (χ2n) is 3.07. The molecule has 1 fully saturated rings. The van der Waals surface area contributed by atoms with Crippen molar-refractivity contribution < 1.29 is 4.79 Å². The molecule has 0 aliphatic carbocycles. The maximum Gasteiger partial charge on any atom is 0.222 e. The maximum atomic E-state index is 11.2. The fourth-order valence-electron chi connectivity index (χ4n) is 1.36. The first-order valence-electron chi connectivity index (χ1n) is 5.01.